The molecule has 1 atom stereocenters. The first-order chi connectivity index (χ1) is 12.1. The summed E-state index contributed by atoms with van der Waals surface area (Å²) in [5, 5.41) is 17.0. The summed E-state index contributed by atoms with van der Waals surface area (Å²) < 4.78 is 10.8. The SMILES string of the molecule is CCN1Cc2nc(OC)c(CNCC3(O)CNCCOC3)cc2C1=O. The summed E-state index contributed by atoms with van der Waals surface area (Å²) in [6, 6.07) is 1.85. The van der Waals surface area contributed by atoms with Crippen LogP contribution in [-0.2, 0) is 17.8 Å². The number of pyridine rings is 1. The molecule has 1 amide bonds. The molecule has 3 N–H and O–H groups in total. The highest BCUT2D eigenvalue weighted by molar-refractivity contribution is 5.98. The zero-order valence-corrected chi connectivity index (χ0v) is 14.8. The van der Waals surface area contributed by atoms with Crippen molar-refractivity contribution in [2.45, 2.75) is 25.6 Å². The summed E-state index contributed by atoms with van der Waals surface area (Å²) >= 11 is 0. The van der Waals surface area contributed by atoms with Crippen LogP contribution < -0.4 is 15.4 Å². The first-order valence-electron chi connectivity index (χ1n) is 8.64. The molecule has 138 valence electrons. The number of fused-ring (bicyclic) bond motifs is 1. The van der Waals surface area contributed by atoms with Crippen molar-refractivity contribution in [1.82, 2.24) is 20.5 Å². The quantitative estimate of drug-likeness (QED) is 0.637. The summed E-state index contributed by atoms with van der Waals surface area (Å²) in [5.74, 6) is 0.521. The van der Waals surface area contributed by atoms with Gasteiger partial charge in [-0.1, -0.05) is 0 Å². The van der Waals surface area contributed by atoms with Crippen LogP contribution in [0.25, 0.3) is 0 Å². The number of aliphatic hydroxyl groups is 1. The van der Waals surface area contributed by atoms with E-state index in [1.807, 2.05) is 13.0 Å². The minimum Gasteiger partial charge on any atom is -0.481 e. The molecule has 2 aliphatic heterocycles. The highest BCUT2D eigenvalue weighted by Crippen LogP contribution is 2.27. The van der Waals surface area contributed by atoms with Gasteiger partial charge < -0.3 is 30.1 Å². The lowest BCUT2D eigenvalue weighted by Crippen LogP contribution is -2.50. The van der Waals surface area contributed by atoms with Gasteiger partial charge in [0, 0.05) is 38.3 Å². The van der Waals surface area contributed by atoms with Crippen LogP contribution in [0.1, 0.15) is 28.5 Å². The fourth-order valence-electron chi connectivity index (χ4n) is 3.18. The predicted octanol–water partition coefficient (Wildman–Crippen LogP) is -0.494. The summed E-state index contributed by atoms with van der Waals surface area (Å²) in [6.07, 6.45) is 0. The smallest absolute Gasteiger partial charge is 0.256 e. The van der Waals surface area contributed by atoms with Crippen LogP contribution in [-0.4, -0.2) is 73.0 Å². The van der Waals surface area contributed by atoms with Crippen LogP contribution >= 0.6 is 0 Å². The van der Waals surface area contributed by atoms with Crippen LogP contribution in [0.4, 0.5) is 0 Å². The van der Waals surface area contributed by atoms with Crippen molar-refractivity contribution in [2.24, 2.45) is 0 Å². The molecule has 0 aliphatic carbocycles. The van der Waals surface area contributed by atoms with E-state index in [0.29, 0.717) is 50.8 Å². The fraction of sp³-hybridized carbons (Fsp3) is 0.647. The molecule has 2 aliphatic rings. The Labute approximate surface area is 147 Å². The van der Waals surface area contributed by atoms with E-state index >= 15 is 0 Å². The largest absolute Gasteiger partial charge is 0.481 e. The van der Waals surface area contributed by atoms with Crippen LogP contribution in [0.5, 0.6) is 5.88 Å². The Kier molecular flexibility index (Phi) is 5.53. The van der Waals surface area contributed by atoms with Gasteiger partial charge in [0.15, 0.2) is 0 Å². The Bertz CT molecular complexity index is 629. The standard InChI is InChI=1S/C17H26N4O4/c1-3-21-8-14-13(16(21)22)6-12(15(20-14)24-2)7-19-10-17(23)9-18-4-5-25-11-17/h6,18-19,23H,3-5,7-11H2,1-2H3. The Morgan fingerprint density at radius 2 is 2.40 bits per heavy atom. The first kappa shape index (κ1) is 18.1. The molecule has 1 aromatic heterocycles. The predicted molar refractivity (Wildman–Crippen MR) is 91.5 cm³/mol. The Morgan fingerprint density at radius 3 is 3.16 bits per heavy atom. The number of ether oxygens (including phenoxy) is 2. The van der Waals surface area contributed by atoms with E-state index in [9.17, 15) is 9.90 Å². The van der Waals surface area contributed by atoms with E-state index in [2.05, 4.69) is 15.6 Å². The van der Waals surface area contributed by atoms with Crippen LogP contribution in [0.15, 0.2) is 6.07 Å². The normalized spacial score (nSPS) is 23.5. The van der Waals surface area contributed by atoms with E-state index in [1.165, 1.54) is 0 Å². The molecule has 0 bridgehead atoms. The molecule has 3 rings (SSSR count). The lowest BCUT2D eigenvalue weighted by Gasteiger charge is -2.26. The molecule has 25 heavy (non-hydrogen) atoms. The first-order valence-corrected chi connectivity index (χ1v) is 8.64. The number of nitrogens with zero attached hydrogens (tertiary/aromatic N) is 2. The molecule has 1 aromatic rings. The van der Waals surface area contributed by atoms with Crippen molar-refractivity contribution in [3.05, 3.63) is 22.9 Å². The van der Waals surface area contributed by atoms with Gasteiger partial charge in [-0.15, -0.1) is 0 Å². The molecule has 0 saturated carbocycles. The number of aromatic nitrogens is 1. The van der Waals surface area contributed by atoms with Crippen molar-refractivity contribution in [3.63, 3.8) is 0 Å². The van der Waals surface area contributed by atoms with Gasteiger partial charge in [0.05, 0.1) is 38.1 Å². The molecule has 1 unspecified atom stereocenters. The number of rotatable bonds is 6. The molecular weight excluding hydrogens is 324 g/mol. The lowest BCUT2D eigenvalue weighted by molar-refractivity contribution is -0.0264. The third-order valence-electron chi connectivity index (χ3n) is 4.59. The molecule has 0 radical (unpaired) electrons. The second-order valence-corrected chi connectivity index (χ2v) is 6.53. The number of nitrogens with one attached hydrogen (secondary N) is 2. The maximum absolute atomic E-state index is 12.3. The number of β-amino-alcohol motifs (C(OH)–C–C–N with tert-alkyl or cyclic N) is 1. The Balaban J connectivity index is 1.68. The summed E-state index contributed by atoms with van der Waals surface area (Å²) in [4.78, 5) is 18.6. The molecule has 3 heterocycles. The van der Waals surface area contributed by atoms with Gasteiger partial charge in [-0.05, 0) is 13.0 Å². The van der Waals surface area contributed by atoms with E-state index in [0.717, 1.165) is 17.8 Å². The Hall–Kier alpha value is -1.74. The molecular formula is C17H26N4O4. The molecule has 0 spiro atoms. The second kappa shape index (κ2) is 7.65. The average Bonchev–Trinajstić information content (AvgIpc) is 2.77. The van der Waals surface area contributed by atoms with E-state index < -0.39 is 5.60 Å². The van der Waals surface area contributed by atoms with Crippen molar-refractivity contribution in [2.75, 3.05) is 46.5 Å². The van der Waals surface area contributed by atoms with E-state index in [1.54, 1.807) is 12.0 Å². The summed E-state index contributed by atoms with van der Waals surface area (Å²) in [7, 11) is 1.57. The van der Waals surface area contributed by atoms with Gasteiger partial charge >= 0.3 is 0 Å². The van der Waals surface area contributed by atoms with Crippen LogP contribution in [0, 0.1) is 0 Å². The maximum atomic E-state index is 12.3. The number of carbonyl (C=O) groups is 1. The molecule has 0 aromatic carbocycles. The van der Waals surface area contributed by atoms with Crippen molar-refractivity contribution in [3.8, 4) is 5.88 Å². The van der Waals surface area contributed by atoms with E-state index in [-0.39, 0.29) is 12.5 Å². The summed E-state index contributed by atoms with van der Waals surface area (Å²) in [6.45, 7) is 6.05. The highest BCUT2D eigenvalue weighted by atomic mass is 16.5. The van der Waals surface area contributed by atoms with Crippen molar-refractivity contribution < 1.29 is 19.4 Å². The number of methoxy groups -OCH3 is 1. The molecule has 1 fully saturated rings. The topological polar surface area (TPSA) is 96.0 Å². The zero-order chi connectivity index (χ0) is 17.9. The van der Waals surface area contributed by atoms with Gasteiger partial charge in [-0.25, -0.2) is 4.98 Å². The zero-order valence-electron chi connectivity index (χ0n) is 14.8. The molecule has 1 saturated heterocycles. The fourth-order valence-corrected chi connectivity index (χ4v) is 3.18. The molecule has 8 heteroatoms. The number of amides is 1. The van der Waals surface area contributed by atoms with Gasteiger partial charge in [0.25, 0.3) is 5.91 Å². The van der Waals surface area contributed by atoms with Gasteiger partial charge in [0.1, 0.15) is 5.60 Å². The second-order valence-electron chi connectivity index (χ2n) is 6.53. The van der Waals surface area contributed by atoms with Crippen molar-refractivity contribution in [1.29, 1.82) is 0 Å². The third kappa shape index (κ3) is 3.92. The summed E-state index contributed by atoms with van der Waals surface area (Å²) in [5.41, 5.74) is 1.24. The Morgan fingerprint density at radius 1 is 1.56 bits per heavy atom. The number of carbonyl (C=O) groups excluding carboxylic acids is 1. The van der Waals surface area contributed by atoms with Crippen LogP contribution in [0.3, 0.4) is 0 Å². The van der Waals surface area contributed by atoms with Crippen LogP contribution in [0.2, 0.25) is 0 Å². The number of hydrogen-bond acceptors (Lipinski definition) is 7. The lowest BCUT2D eigenvalue weighted by atomic mass is 10.1. The minimum atomic E-state index is -0.956. The maximum Gasteiger partial charge on any atom is 0.256 e. The third-order valence-corrected chi connectivity index (χ3v) is 4.59. The highest BCUT2D eigenvalue weighted by Gasteiger charge is 2.30. The van der Waals surface area contributed by atoms with Gasteiger partial charge in [-0.3, -0.25) is 4.79 Å². The van der Waals surface area contributed by atoms with Gasteiger partial charge in [0.2, 0.25) is 5.88 Å². The van der Waals surface area contributed by atoms with E-state index in [4.69, 9.17) is 9.47 Å². The van der Waals surface area contributed by atoms with Crippen molar-refractivity contribution >= 4 is 5.91 Å². The van der Waals surface area contributed by atoms with Gasteiger partial charge in [-0.2, -0.15) is 0 Å². The average molecular weight is 350 g/mol. The minimum absolute atomic E-state index is 0.00824. The number of hydrogen-bond donors (Lipinski definition) is 3. The monoisotopic (exact) mass is 350 g/mol. The molecule has 8 nitrogen and oxygen atoms in total.